The summed E-state index contributed by atoms with van der Waals surface area (Å²) in [5, 5.41) is 13.8. The van der Waals surface area contributed by atoms with Crippen LogP contribution >= 0.6 is 0 Å². The van der Waals surface area contributed by atoms with E-state index in [9.17, 15) is 27.1 Å². The molecule has 0 aromatic rings. The number of fused-ring (bicyclic) bond motifs is 7. The van der Waals surface area contributed by atoms with Crippen LogP contribution in [0.3, 0.4) is 0 Å². The van der Waals surface area contributed by atoms with E-state index in [0.717, 1.165) is 57.4 Å². The first kappa shape index (κ1) is 40.6. The van der Waals surface area contributed by atoms with Gasteiger partial charge in [0.15, 0.2) is 0 Å². The summed E-state index contributed by atoms with van der Waals surface area (Å²) in [5.41, 5.74) is 2.35. The first-order chi connectivity index (χ1) is 25.2. The third kappa shape index (κ3) is 6.07. The molecule has 1 unspecified atom stereocenters. The highest BCUT2D eigenvalue weighted by molar-refractivity contribution is 7.91. The number of carboxylic acids is 1. The Morgan fingerprint density at radius 3 is 2.22 bits per heavy atom. The average Bonchev–Trinajstić information content (AvgIpc) is 3.48. The minimum absolute atomic E-state index is 0.00558. The standard InChI is InChI=1S/C45H70F2N2O4S/c1-29(2)32-13-22-45(48-25-28-49-26-16-31(17-27-49)54(8,52)53)24-23-42(6)34(37(32)45)9-10-36-41(5)18-14-33(40(3,4)35(41)15-19-43(36,42)7)30-11-20-44(21-12-30,38(46)47)39(50)51/h11,14,31-32,34-38,48H,1,9-10,12-13,15-28H2,2-8H3,(H,50,51)/t32-,34+,35-,36+,37+,41-,42+,43+,44?,45-/m0/s1. The summed E-state index contributed by atoms with van der Waals surface area (Å²) in [5.74, 6) is 1.45. The second-order valence-corrected chi connectivity index (χ2v) is 23.2. The Balaban J connectivity index is 1.11. The molecule has 1 saturated heterocycles. The molecule has 0 bridgehead atoms. The molecule has 0 radical (unpaired) electrons. The van der Waals surface area contributed by atoms with E-state index in [0.29, 0.717) is 36.0 Å². The molecular weight excluding hydrogens is 703 g/mol. The van der Waals surface area contributed by atoms with Gasteiger partial charge in [0, 0.05) is 24.9 Å². The van der Waals surface area contributed by atoms with Crippen molar-refractivity contribution >= 4 is 15.8 Å². The number of nitrogens with one attached hydrogen (secondary N) is 1. The summed E-state index contributed by atoms with van der Waals surface area (Å²) < 4.78 is 52.3. The van der Waals surface area contributed by atoms with E-state index >= 15 is 0 Å². The van der Waals surface area contributed by atoms with Gasteiger partial charge < -0.3 is 15.3 Å². The lowest BCUT2D eigenvalue weighted by atomic mass is 9.33. The van der Waals surface area contributed by atoms with Gasteiger partial charge in [-0.15, -0.1) is 0 Å². The maximum absolute atomic E-state index is 14.0. The van der Waals surface area contributed by atoms with Crippen LogP contribution in [0.1, 0.15) is 131 Å². The van der Waals surface area contributed by atoms with E-state index in [1.165, 1.54) is 62.3 Å². The number of alkyl halides is 2. The fourth-order valence-corrected chi connectivity index (χ4v) is 16.3. The van der Waals surface area contributed by atoms with Crippen molar-refractivity contribution in [3.8, 4) is 0 Å². The van der Waals surface area contributed by atoms with E-state index in [-0.39, 0.29) is 45.3 Å². The van der Waals surface area contributed by atoms with Gasteiger partial charge in [0.25, 0.3) is 6.43 Å². The summed E-state index contributed by atoms with van der Waals surface area (Å²) in [6.07, 6.45) is 15.3. The first-order valence-corrected chi connectivity index (χ1v) is 23.3. The summed E-state index contributed by atoms with van der Waals surface area (Å²) in [4.78, 5) is 14.4. The molecule has 2 N–H and O–H groups in total. The highest BCUT2D eigenvalue weighted by atomic mass is 32.2. The molecule has 10 atom stereocenters. The van der Waals surface area contributed by atoms with Gasteiger partial charge in [0.05, 0.1) is 5.25 Å². The number of nitrogens with zero attached hydrogens (tertiary/aromatic N) is 1. The predicted molar refractivity (Wildman–Crippen MR) is 213 cm³/mol. The third-order valence-electron chi connectivity index (χ3n) is 18.4. The van der Waals surface area contributed by atoms with Gasteiger partial charge >= 0.3 is 5.97 Å². The molecule has 1 aliphatic heterocycles. The number of carbonyl (C=O) groups is 1. The van der Waals surface area contributed by atoms with E-state index in [4.69, 9.17) is 0 Å². The maximum Gasteiger partial charge on any atom is 0.315 e. The minimum atomic E-state index is -2.97. The molecule has 1 heterocycles. The summed E-state index contributed by atoms with van der Waals surface area (Å²) in [6, 6.07) is 0. The number of carboxylic acid groups (broad SMARTS) is 1. The predicted octanol–water partition coefficient (Wildman–Crippen LogP) is 9.48. The van der Waals surface area contributed by atoms with Crippen LogP contribution in [-0.2, 0) is 14.6 Å². The van der Waals surface area contributed by atoms with Crippen molar-refractivity contribution in [3.05, 3.63) is 35.5 Å². The van der Waals surface area contributed by atoms with Gasteiger partial charge in [-0.3, -0.25) is 4.79 Å². The molecule has 6 nitrogen and oxygen atoms in total. The second-order valence-electron chi connectivity index (χ2n) is 20.9. The van der Waals surface area contributed by atoms with Crippen LogP contribution < -0.4 is 5.32 Å². The Morgan fingerprint density at radius 2 is 1.63 bits per heavy atom. The fraction of sp³-hybridized carbons (Fsp3) is 0.844. The number of hydrogen-bond acceptors (Lipinski definition) is 5. The zero-order valence-electron chi connectivity index (χ0n) is 34.4. The van der Waals surface area contributed by atoms with Crippen molar-refractivity contribution in [2.24, 2.45) is 56.7 Å². The Bertz CT molecular complexity index is 1680. The number of sulfone groups is 1. The summed E-state index contributed by atoms with van der Waals surface area (Å²) in [6.45, 7) is 23.2. The van der Waals surface area contributed by atoms with Crippen molar-refractivity contribution < 1.29 is 27.1 Å². The lowest BCUT2D eigenvalue weighted by Crippen LogP contribution is -2.68. The molecule has 9 heteroatoms. The first-order valence-electron chi connectivity index (χ1n) is 21.4. The molecular formula is C45H70F2N2O4S. The Morgan fingerprint density at radius 1 is 0.926 bits per heavy atom. The number of likely N-dealkylation sites (tertiary alicyclic amines) is 1. The van der Waals surface area contributed by atoms with Crippen LogP contribution in [0, 0.1) is 56.7 Å². The smallest absolute Gasteiger partial charge is 0.315 e. The molecule has 0 spiro atoms. The van der Waals surface area contributed by atoms with Crippen LogP contribution in [0.5, 0.6) is 0 Å². The lowest BCUT2D eigenvalue weighted by molar-refractivity contribution is -0.221. The monoisotopic (exact) mass is 773 g/mol. The molecule has 0 aromatic carbocycles. The second kappa shape index (κ2) is 13.8. The number of aliphatic carboxylic acids is 1. The topological polar surface area (TPSA) is 86.7 Å². The summed E-state index contributed by atoms with van der Waals surface area (Å²) in [7, 11) is -2.97. The molecule has 6 aliphatic carbocycles. The Kier molecular flexibility index (Phi) is 10.4. The van der Waals surface area contributed by atoms with Crippen molar-refractivity contribution in [2.45, 2.75) is 149 Å². The molecule has 0 amide bonds. The number of hydrogen-bond donors (Lipinski definition) is 2. The summed E-state index contributed by atoms with van der Waals surface area (Å²) >= 11 is 0. The van der Waals surface area contributed by atoms with Gasteiger partial charge in [0.2, 0.25) is 0 Å². The third-order valence-corrected chi connectivity index (χ3v) is 20.1. The Labute approximate surface area is 325 Å². The van der Waals surface area contributed by atoms with Crippen LogP contribution in [0.4, 0.5) is 8.78 Å². The fourth-order valence-electron chi connectivity index (χ4n) is 15.2. The highest BCUT2D eigenvalue weighted by Gasteiger charge is 2.70. The number of piperidine rings is 1. The van der Waals surface area contributed by atoms with E-state index < -0.39 is 27.6 Å². The van der Waals surface area contributed by atoms with Crippen LogP contribution in [0.25, 0.3) is 0 Å². The van der Waals surface area contributed by atoms with E-state index in [1.54, 1.807) is 0 Å². The molecule has 5 fully saturated rings. The SMILES string of the molecule is C=C(C)[C@@H]1CC[C@]2(NCCN3CCC(S(C)(=O)=O)CC3)CC[C@]3(C)[C@H](CC[C@@H]4[C@@]5(C)CC=C(C6=CCC(C(=O)O)(C(F)F)CC6)C(C)(C)[C@@H]5CC[C@]43C)[C@@H]12. The van der Waals surface area contributed by atoms with Crippen molar-refractivity contribution in [3.63, 3.8) is 0 Å². The number of halogens is 2. The Hall–Kier alpha value is -1.58. The zero-order valence-corrected chi connectivity index (χ0v) is 35.2. The van der Waals surface area contributed by atoms with Crippen molar-refractivity contribution in [2.75, 3.05) is 32.4 Å². The molecule has 304 valence electrons. The normalized spacial score (nSPS) is 44.0. The van der Waals surface area contributed by atoms with Crippen molar-refractivity contribution in [1.82, 2.24) is 10.2 Å². The largest absolute Gasteiger partial charge is 0.481 e. The van der Waals surface area contributed by atoms with E-state index in [2.05, 4.69) is 64.4 Å². The van der Waals surface area contributed by atoms with Crippen LogP contribution in [-0.4, -0.2) is 74.0 Å². The molecule has 7 rings (SSSR count). The zero-order chi connectivity index (χ0) is 39.3. The van der Waals surface area contributed by atoms with Crippen molar-refractivity contribution in [1.29, 1.82) is 0 Å². The van der Waals surface area contributed by atoms with Gasteiger partial charge in [-0.25, -0.2) is 17.2 Å². The van der Waals surface area contributed by atoms with Gasteiger partial charge in [-0.1, -0.05) is 58.9 Å². The molecule has 4 saturated carbocycles. The van der Waals surface area contributed by atoms with Gasteiger partial charge in [0.1, 0.15) is 15.3 Å². The molecule has 7 aliphatic rings. The molecule has 54 heavy (non-hydrogen) atoms. The maximum atomic E-state index is 14.0. The average molecular weight is 773 g/mol. The van der Waals surface area contributed by atoms with Gasteiger partial charge in [-0.2, -0.15) is 0 Å². The number of rotatable bonds is 9. The highest BCUT2D eigenvalue weighted by Crippen LogP contribution is 2.76. The van der Waals surface area contributed by atoms with Crippen LogP contribution in [0.2, 0.25) is 0 Å². The molecule has 0 aromatic heterocycles. The van der Waals surface area contributed by atoms with E-state index in [1.807, 2.05) is 6.08 Å². The lowest BCUT2D eigenvalue weighted by Gasteiger charge is -2.72. The number of allylic oxidation sites excluding steroid dienone is 5. The van der Waals surface area contributed by atoms with Crippen LogP contribution in [0.15, 0.2) is 35.5 Å². The quantitative estimate of drug-likeness (QED) is 0.227. The minimum Gasteiger partial charge on any atom is -0.481 e. The van der Waals surface area contributed by atoms with Gasteiger partial charge in [-0.05, 0) is 172 Å².